The summed E-state index contributed by atoms with van der Waals surface area (Å²) in [6.07, 6.45) is 2.93. The molecule has 30 heavy (non-hydrogen) atoms. The zero-order chi connectivity index (χ0) is 21.3. The summed E-state index contributed by atoms with van der Waals surface area (Å²) >= 11 is 0. The van der Waals surface area contributed by atoms with Crippen molar-refractivity contribution in [2.24, 2.45) is 11.8 Å². The second-order valence-corrected chi connectivity index (χ2v) is 8.47. The molecule has 2 fully saturated rings. The van der Waals surface area contributed by atoms with Gasteiger partial charge in [0.25, 0.3) is 5.82 Å². The van der Waals surface area contributed by atoms with Crippen LogP contribution in [0, 0.1) is 11.8 Å². The Balaban J connectivity index is 1.37. The van der Waals surface area contributed by atoms with Crippen LogP contribution in [0.25, 0.3) is 5.65 Å². The average Bonchev–Trinajstić information content (AvgIpc) is 3.18. The molecule has 2 aliphatic rings. The predicted octanol–water partition coefficient (Wildman–Crippen LogP) is 3.40. The van der Waals surface area contributed by atoms with E-state index in [1.165, 1.54) is 38.2 Å². The predicted molar refractivity (Wildman–Crippen MR) is 105 cm³/mol. The number of alkyl halides is 3. The molecule has 1 aliphatic heterocycles. The second kappa shape index (κ2) is 8.39. The van der Waals surface area contributed by atoms with Gasteiger partial charge in [0.1, 0.15) is 5.82 Å². The van der Waals surface area contributed by atoms with Crippen LogP contribution in [0.1, 0.15) is 50.8 Å². The first-order valence-corrected chi connectivity index (χ1v) is 10.6. The Morgan fingerprint density at radius 2 is 1.80 bits per heavy atom. The van der Waals surface area contributed by atoms with E-state index in [-0.39, 0.29) is 17.5 Å². The van der Waals surface area contributed by atoms with E-state index in [4.69, 9.17) is 0 Å². The Morgan fingerprint density at radius 3 is 2.47 bits per heavy atom. The van der Waals surface area contributed by atoms with E-state index in [0.29, 0.717) is 37.7 Å². The average molecular weight is 424 g/mol. The summed E-state index contributed by atoms with van der Waals surface area (Å²) < 4.78 is 40.0. The van der Waals surface area contributed by atoms with E-state index in [1.807, 2.05) is 16.8 Å². The van der Waals surface area contributed by atoms with Crippen molar-refractivity contribution in [2.75, 3.05) is 31.6 Å². The Hall–Kier alpha value is -2.39. The minimum Gasteiger partial charge on any atom is -0.355 e. The van der Waals surface area contributed by atoms with Crippen molar-refractivity contribution in [2.45, 2.75) is 51.1 Å². The van der Waals surface area contributed by atoms with Gasteiger partial charge < -0.3 is 9.80 Å². The topological polar surface area (TPSA) is 66.6 Å². The lowest BCUT2D eigenvalue weighted by Crippen LogP contribution is -2.43. The maximum Gasteiger partial charge on any atom is 0.453 e. The van der Waals surface area contributed by atoms with Crippen molar-refractivity contribution in [1.29, 1.82) is 0 Å². The van der Waals surface area contributed by atoms with Gasteiger partial charge in [0.2, 0.25) is 5.91 Å². The normalized spacial score (nSPS) is 19.4. The Bertz CT molecular complexity index is 884. The van der Waals surface area contributed by atoms with E-state index < -0.39 is 12.0 Å². The lowest BCUT2D eigenvalue weighted by atomic mass is 9.88. The van der Waals surface area contributed by atoms with Crippen LogP contribution in [0.5, 0.6) is 0 Å². The molecule has 0 spiro atoms. The number of halogens is 3. The molecule has 4 rings (SSSR count). The molecule has 2 aromatic heterocycles. The number of anilines is 1. The summed E-state index contributed by atoms with van der Waals surface area (Å²) in [5.74, 6) is 0.0550. The Labute approximate surface area is 173 Å². The molecule has 1 amide bonds. The monoisotopic (exact) mass is 424 g/mol. The molecule has 2 aromatic rings. The molecule has 0 radical (unpaired) electrons. The number of rotatable bonds is 4. The van der Waals surface area contributed by atoms with Gasteiger partial charge in [-0.1, -0.05) is 19.3 Å². The van der Waals surface area contributed by atoms with E-state index in [0.717, 1.165) is 11.1 Å². The highest BCUT2D eigenvalue weighted by Gasteiger charge is 2.38. The van der Waals surface area contributed by atoms with Crippen molar-refractivity contribution in [3.63, 3.8) is 0 Å². The standard InChI is InChI=1S/C20H27F3N6O/c1-27(13-14-5-3-2-4-6-14)18(30)15-9-11-28(12-10-15)17-8-7-16-24-25-19(20(21,22)23)29(16)26-17/h7-8,14-15H,2-6,9-13H2,1H3. The van der Waals surface area contributed by atoms with E-state index in [1.54, 1.807) is 6.07 Å². The van der Waals surface area contributed by atoms with E-state index in [2.05, 4.69) is 15.3 Å². The zero-order valence-electron chi connectivity index (χ0n) is 17.1. The van der Waals surface area contributed by atoms with Crippen LogP contribution in [-0.2, 0) is 11.0 Å². The first-order valence-electron chi connectivity index (χ1n) is 10.6. The Morgan fingerprint density at radius 1 is 1.10 bits per heavy atom. The van der Waals surface area contributed by atoms with Crippen molar-refractivity contribution in [3.8, 4) is 0 Å². The molecule has 0 atom stereocenters. The van der Waals surface area contributed by atoms with Crippen molar-refractivity contribution >= 4 is 17.4 Å². The molecule has 0 N–H and O–H groups in total. The van der Waals surface area contributed by atoms with Crippen LogP contribution in [0.2, 0.25) is 0 Å². The molecule has 1 saturated carbocycles. The van der Waals surface area contributed by atoms with Crippen LogP contribution in [0.4, 0.5) is 19.0 Å². The Kier molecular flexibility index (Phi) is 5.84. The van der Waals surface area contributed by atoms with Gasteiger partial charge in [0.05, 0.1) is 0 Å². The van der Waals surface area contributed by atoms with E-state index >= 15 is 0 Å². The van der Waals surface area contributed by atoms with Gasteiger partial charge in [-0.2, -0.15) is 17.7 Å². The van der Waals surface area contributed by atoms with Crippen LogP contribution in [0.15, 0.2) is 12.1 Å². The minimum absolute atomic E-state index is 0.0424. The molecule has 0 aromatic carbocycles. The van der Waals surface area contributed by atoms with Gasteiger partial charge in [-0.25, -0.2) is 0 Å². The van der Waals surface area contributed by atoms with Crippen molar-refractivity contribution < 1.29 is 18.0 Å². The number of carbonyl (C=O) groups excluding carboxylic acids is 1. The highest BCUT2D eigenvalue weighted by Crippen LogP contribution is 2.29. The highest BCUT2D eigenvalue weighted by molar-refractivity contribution is 5.79. The van der Waals surface area contributed by atoms with Gasteiger partial charge in [-0.3, -0.25) is 4.79 Å². The van der Waals surface area contributed by atoms with Gasteiger partial charge in [0, 0.05) is 32.6 Å². The molecule has 1 saturated heterocycles. The van der Waals surface area contributed by atoms with Crippen LogP contribution in [-0.4, -0.2) is 57.3 Å². The number of amides is 1. The van der Waals surface area contributed by atoms with Gasteiger partial charge in [-0.05, 0) is 43.7 Å². The molecule has 0 unspecified atom stereocenters. The smallest absolute Gasteiger partial charge is 0.355 e. The SMILES string of the molecule is CN(CC1CCCCC1)C(=O)C1CCN(c2ccc3nnc(C(F)(F)F)n3n2)CC1. The lowest BCUT2D eigenvalue weighted by molar-refractivity contribution is -0.146. The summed E-state index contributed by atoms with van der Waals surface area (Å²) in [6.45, 7) is 1.98. The summed E-state index contributed by atoms with van der Waals surface area (Å²) in [5, 5.41) is 10.9. The molecular formula is C20H27F3N6O. The summed E-state index contributed by atoms with van der Waals surface area (Å²) in [5.41, 5.74) is 0.0560. The third kappa shape index (κ3) is 4.37. The van der Waals surface area contributed by atoms with Crippen molar-refractivity contribution in [3.05, 3.63) is 18.0 Å². The zero-order valence-corrected chi connectivity index (χ0v) is 17.1. The van der Waals surface area contributed by atoms with E-state index in [9.17, 15) is 18.0 Å². The van der Waals surface area contributed by atoms with Crippen LogP contribution >= 0.6 is 0 Å². The third-order valence-corrected chi connectivity index (χ3v) is 6.30. The maximum atomic E-state index is 13.1. The van der Waals surface area contributed by atoms with Gasteiger partial charge >= 0.3 is 6.18 Å². The van der Waals surface area contributed by atoms with Gasteiger partial charge in [0.15, 0.2) is 5.65 Å². The largest absolute Gasteiger partial charge is 0.453 e. The fourth-order valence-electron chi connectivity index (χ4n) is 4.64. The summed E-state index contributed by atoms with van der Waals surface area (Å²) in [6, 6.07) is 3.14. The second-order valence-electron chi connectivity index (χ2n) is 8.47. The fraction of sp³-hybridized carbons (Fsp3) is 0.700. The number of hydrogen-bond acceptors (Lipinski definition) is 5. The third-order valence-electron chi connectivity index (χ3n) is 6.30. The molecule has 164 valence electrons. The number of aromatic nitrogens is 4. The maximum absolute atomic E-state index is 13.1. The number of piperidine rings is 1. The summed E-state index contributed by atoms with van der Waals surface area (Å²) in [7, 11) is 1.89. The number of fused-ring (bicyclic) bond motifs is 1. The molecular weight excluding hydrogens is 397 g/mol. The fourth-order valence-corrected chi connectivity index (χ4v) is 4.64. The molecule has 0 bridgehead atoms. The molecule has 1 aliphatic carbocycles. The molecule has 10 heteroatoms. The quantitative estimate of drug-likeness (QED) is 0.753. The first kappa shape index (κ1) is 20.9. The summed E-state index contributed by atoms with van der Waals surface area (Å²) in [4.78, 5) is 16.7. The minimum atomic E-state index is -4.62. The van der Waals surface area contributed by atoms with Crippen LogP contribution < -0.4 is 4.90 Å². The number of hydrogen-bond donors (Lipinski definition) is 0. The lowest BCUT2D eigenvalue weighted by Gasteiger charge is -2.35. The number of nitrogens with zero attached hydrogens (tertiary/aromatic N) is 6. The van der Waals surface area contributed by atoms with Crippen LogP contribution in [0.3, 0.4) is 0 Å². The molecule has 3 heterocycles. The highest BCUT2D eigenvalue weighted by atomic mass is 19.4. The van der Waals surface area contributed by atoms with Crippen molar-refractivity contribution in [1.82, 2.24) is 24.7 Å². The first-order chi connectivity index (χ1) is 14.3. The van der Waals surface area contributed by atoms with Gasteiger partial charge in [-0.15, -0.1) is 15.3 Å². The number of carbonyl (C=O) groups is 1. The molecule has 7 nitrogen and oxygen atoms in total.